The van der Waals surface area contributed by atoms with Crippen LogP contribution in [0.4, 0.5) is 0 Å². The zero-order valence-electron chi connectivity index (χ0n) is 38.8. The van der Waals surface area contributed by atoms with Crippen LogP contribution in [0.3, 0.4) is 0 Å². The number of fused-ring (bicyclic) bond motifs is 7. The lowest BCUT2D eigenvalue weighted by atomic mass is 9.59. The molecule has 0 unspecified atom stereocenters. The summed E-state index contributed by atoms with van der Waals surface area (Å²) >= 11 is 0. The summed E-state index contributed by atoms with van der Waals surface area (Å²) < 4.78 is 4.83. The number of aromatic nitrogens is 5. The Bertz CT molecular complexity index is 3620. The molecule has 3 aromatic heterocycles. The maximum Gasteiger partial charge on any atom is 0.164 e. The van der Waals surface area contributed by atoms with Gasteiger partial charge in [-0.25, -0.2) is 15.0 Å². The molecule has 3 heterocycles. The Balaban J connectivity index is 1.13. The minimum absolute atomic E-state index is 0.00868. The quantitative estimate of drug-likeness (QED) is 0.143. The zero-order valence-corrected chi connectivity index (χ0v) is 38.8. The summed E-state index contributed by atoms with van der Waals surface area (Å²) in [6.07, 6.45) is 7.72. The standard InChI is InChI=1S/C61H53N5/c1-9-20-39(21-10-2)56-62-57(40-22-14-11-15-23-40)64-58(63-56)43-30-33-53-48(36-43)46-34-41(28-31-52(46)65(53)44-24-16-12-17-25-44)42-29-32-54-47(35-42)49-37-50-51(60(5,6)61(7,8)59(50,3)4)38-55(49)66(54)45-26-18-13-19-27-45/h9-38H,1H2,2-8H3/b21-10-,39-20+. The van der Waals surface area contributed by atoms with E-state index in [0.717, 1.165) is 49.8 Å². The molecule has 0 saturated heterocycles. The van der Waals surface area contributed by atoms with Gasteiger partial charge in [0.25, 0.3) is 0 Å². The Labute approximate surface area is 387 Å². The van der Waals surface area contributed by atoms with Gasteiger partial charge in [0, 0.05) is 49.6 Å². The Hall–Kier alpha value is -7.63. The van der Waals surface area contributed by atoms with Gasteiger partial charge in [0.2, 0.25) is 0 Å². The smallest absolute Gasteiger partial charge is 0.164 e. The SMILES string of the molecule is C=C/C=C(\C=C/C)c1nc(-c2ccccc2)nc(-c2ccc3c(c2)c2cc(-c4ccc5c(c4)c4cc6c(cc4n5-c4ccccc4)C(C)(C)C(C)(C)C6(C)C)ccc2n3-c2ccccc2)n1. The molecule has 1 aliphatic carbocycles. The van der Waals surface area contributed by atoms with Crippen LogP contribution < -0.4 is 0 Å². The molecule has 5 heteroatoms. The molecule has 0 aliphatic heterocycles. The predicted octanol–water partition coefficient (Wildman–Crippen LogP) is 15.8. The molecule has 0 N–H and O–H groups in total. The van der Waals surface area contributed by atoms with Crippen LogP contribution in [0.1, 0.15) is 65.4 Å². The molecule has 0 radical (unpaired) electrons. The highest BCUT2D eigenvalue weighted by Gasteiger charge is 2.57. The average Bonchev–Trinajstić information content (AvgIpc) is 3.88. The highest BCUT2D eigenvalue weighted by molar-refractivity contribution is 6.13. The van der Waals surface area contributed by atoms with E-state index >= 15 is 0 Å². The van der Waals surface area contributed by atoms with Gasteiger partial charge in [-0.2, -0.15) is 0 Å². The topological polar surface area (TPSA) is 48.5 Å². The van der Waals surface area contributed by atoms with Crippen LogP contribution >= 0.6 is 0 Å². The van der Waals surface area contributed by atoms with E-state index in [2.05, 4.69) is 185 Å². The molecule has 0 fully saturated rings. The molecule has 322 valence electrons. The van der Waals surface area contributed by atoms with E-state index in [4.69, 9.17) is 15.0 Å². The van der Waals surface area contributed by atoms with Crippen LogP contribution in [0.5, 0.6) is 0 Å². The van der Waals surface area contributed by atoms with Gasteiger partial charge in [-0.1, -0.05) is 151 Å². The minimum Gasteiger partial charge on any atom is -0.309 e. The first-order chi connectivity index (χ1) is 31.9. The Morgan fingerprint density at radius 1 is 0.470 bits per heavy atom. The maximum atomic E-state index is 5.11. The van der Waals surface area contributed by atoms with Crippen molar-refractivity contribution in [2.75, 3.05) is 0 Å². The molecule has 66 heavy (non-hydrogen) atoms. The van der Waals surface area contributed by atoms with Crippen LogP contribution in [0.2, 0.25) is 0 Å². The van der Waals surface area contributed by atoms with Gasteiger partial charge in [0.05, 0.1) is 22.1 Å². The lowest BCUT2D eigenvalue weighted by Gasteiger charge is -2.44. The number of benzene rings is 7. The first-order valence-electron chi connectivity index (χ1n) is 23.0. The number of rotatable bonds is 8. The summed E-state index contributed by atoms with van der Waals surface area (Å²) in [5.74, 6) is 1.82. The molecular weight excluding hydrogens is 803 g/mol. The second kappa shape index (κ2) is 15.2. The second-order valence-electron chi connectivity index (χ2n) is 19.4. The Morgan fingerprint density at radius 3 is 1.42 bits per heavy atom. The third-order valence-electron chi connectivity index (χ3n) is 15.3. The molecule has 5 nitrogen and oxygen atoms in total. The highest BCUT2D eigenvalue weighted by atomic mass is 15.0. The number of hydrogen-bond acceptors (Lipinski definition) is 3. The summed E-state index contributed by atoms with van der Waals surface area (Å²) in [6.45, 7) is 20.6. The van der Waals surface area contributed by atoms with Crippen molar-refractivity contribution in [3.63, 3.8) is 0 Å². The Morgan fingerprint density at radius 2 is 0.909 bits per heavy atom. The number of allylic oxidation sites excluding steroid dienone is 5. The third-order valence-corrected chi connectivity index (χ3v) is 15.3. The highest BCUT2D eigenvalue weighted by Crippen LogP contribution is 2.62. The number of para-hydroxylation sites is 2. The first-order valence-corrected chi connectivity index (χ1v) is 23.0. The third kappa shape index (κ3) is 6.17. The van der Waals surface area contributed by atoms with Crippen molar-refractivity contribution in [1.82, 2.24) is 24.1 Å². The number of hydrogen-bond donors (Lipinski definition) is 0. The van der Waals surface area contributed by atoms with Gasteiger partial charge in [0.1, 0.15) is 0 Å². The van der Waals surface area contributed by atoms with E-state index < -0.39 is 0 Å². The lowest BCUT2D eigenvalue weighted by Crippen LogP contribution is -2.42. The molecule has 1 aliphatic rings. The minimum atomic E-state index is -0.0151. The monoisotopic (exact) mass is 855 g/mol. The van der Waals surface area contributed by atoms with Crippen molar-refractivity contribution >= 4 is 49.2 Å². The van der Waals surface area contributed by atoms with Crippen LogP contribution in [0, 0.1) is 5.41 Å². The molecule has 10 aromatic rings. The number of nitrogens with zero attached hydrogens (tertiary/aromatic N) is 5. The van der Waals surface area contributed by atoms with E-state index in [0.29, 0.717) is 17.5 Å². The molecule has 0 saturated carbocycles. The molecule has 0 bridgehead atoms. The molecule has 11 rings (SSSR count). The molecule has 0 spiro atoms. The van der Waals surface area contributed by atoms with Gasteiger partial charge >= 0.3 is 0 Å². The summed E-state index contributed by atoms with van der Waals surface area (Å²) in [7, 11) is 0. The van der Waals surface area contributed by atoms with Gasteiger partial charge in [0.15, 0.2) is 17.5 Å². The largest absolute Gasteiger partial charge is 0.309 e. The van der Waals surface area contributed by atoms with Crippen molar-refractivity contribution in [2.45, 2.75) is 59.3 Å². The van der Waals surface area contributed by atoms with Crippen LogP contribution in [-0.2, 0) is 10.8 Å². The van der Waals surface area contributed by atoms with E-state index in [1.807, 2.05) is 55.5 Å². The predicted molar refractivity (Wildman–Crippen MR) is 278 cm³/mol. The van der Waals surface area contributed by atoms with Crippen LogP contribution in [0.15, 0.2) is 189 Å². The first kappa shape index (κ1) is 41.1. The normalized spacial score (nSPS) is 15.3. The Kier molecular flexibility index (Phi) is 9.49. The molecular formula is C61H53N5. The van der Waals surface area contributed by atoms with E-state index in [1.54, 1.807) is 6.08 Å². The van der Waals surface area contributed by atoms with Gasteiger partial charge < -0.3 is 9.13 Å². The van der Waals surface area contributed by atoms with Gasteiger partial charge in [-0.05, 0) is 124 Å². The average molecular weight is 856 g/mol. The van der Waals surface area contributed by atoms with Crippen molar-refractivity contribution in [1.29, 1.82) is 0 Å². The van der Waals surface area contributed by atoms with Crippen LogP contribution in [0.25, 0.3) is 94.5 Å². The lowest BCUT2D eigenvalue weighted by molar-refractivity contribution is 0.125. The summed E-state index contributed by atoms with van der Waals surface area (Å²) in [5, 5.41) is 4.82. The van der Waals surface area contributed by atoms with E-state index in [-0.39, 0.29) is 16.2 Å². The van der Waals surface area contributed by atoms with Crippen LogP contribution in [-0.4, -0.2) is 24.1 Å². The fourth-order valence-electron chi connectivity index (χ4n) is 10.6. The maximum absolute atomic E-state index is 5.11. The second-order valence-corrected chi connectivity index (χ2v) is 19.4. The van der Waals surface area contributed by atoms with Gasteiger partial charge in [-0.3, -0.25) is 0 Å². The molecule has 7 aromatic carbocycles. The van der Waals surface area contributed by atoms with Crippen molar-refractivity contribution < 1.29 is 0 Å². The summed E-state index contributed by atoms with van der Waals surface area (Å²) in [5.41, 5.74) is 14.9. The van der Waals surface area contributed by atoms with Gasteiger partial charge in [-0.15, -0.1) is 0 Å². The zero-order chi connectivity index (χ0) is 45.5. The summed E-state index contributed by atoms with van der Waals surface area (Å²) in [6, 6.07) is 57.2. The molecule has 0 amide bonds. The fraction of sp³-hybridized carbons (Fsp3) is 0.164. The summed E-state index contributed by atoms with van der Waals surface area (Å²) in [4.78, 5) is 15.2. The van der Waals surface area contributed by atoms with E-state index in [1.165, 1.54) is 44.2 Å². The van der Waals surface area contributed by atoms with Crippen molar-refractivity contribution in [3.05, 3.63) is 206 Å². The molecule has 0 atom stereocenters. The van der Waals surface area contributed by atoms with E-state index in [9.17, 15) is 0 Å². The van der Waals surface area contributed by atoms with Crippen molar-refractivity contribution in [2.24, 2.45) is 5.41 Å². The van der Waals surface area contributed by atoms with Crippen molar-refractivity contribution in [3.8, 4) is 45.3 Å². The fourth-order valence-corrected chi connectivity index (χ4v) is 10.6.